The van der Waals surface area contributed by atoms with Gasteiger partial charge in [-0.1, -0.05) is 6.07 Å². The van der Waals surface area contributed by atoms with Gasteiger partial charge in [0.1, 0.15) is 0 Å². The van der Waals surface area contributed by atoms with Crippen LogP contribution in [0, 0.1) is 0 Å². The third kappa shape index (κ3) is 3.89. The van der Waals surface area contributed by atoms with E-state index < -0.39 is 0 Å². The molecule has 1 aromatic rings. The Morgan fingerprint density at radius 2 is 1.89 bits per heavy atom. The van der Waals surface area contributed by atoms with E-state index in [-0.39, 0.29) is 5.54 Å². The predicted octanol–water partition coefficient (Wildman–Crippen LogP) is 1.89. The fraction of sp³-hybridized carbons (Fsp3) is 0.571. The molecule has 0 aromatic heterocycles. The molecule has 0 unspecified atom stereocenters. The van der Waals surface area contributed by atoms with Gasteiger partial charge in [-0.05, 0) is 38.5 Å². The van der Waals surface area contributed by atoms with Crippen molar-refractivity contribution in [2.24, 2.45) is 0 Å². The van der Waals surface area contributed by atoms with Crippen LogP contribution in [-0.4, -0.2) is 25.4 Å². The van der Waals surface area contributed by atoms with Crippen LogP contribution in [0.25, 0.3) is 0 Å². The van der Waals surface area contributed by atoms with Crippen LogP contribution in [0.3, 0.4) is 0 Å². The zero-order valence-corrected chi connectivity index (χ0v) is 11.4. The van der Waals surface area contributed by atoms with Gasteiger partial charge in [-0.25, -0.2) is 0 Å². The van der Waals surface area contributed by atoms with Crippen LogP contribution in [0.5, 0.6) is 11.5 Å². The summed E-state index contributed by atoms with van der Waals surface area (Å²) in [6.07, 6.45) is 0. The highest BCUT2D eigenvalue weighted by atomic mass is 16.7. The molecule has 1 heterocycles. The minimum atomic E-state index is 0.181. The Labute approximate surface area is 109 Å². The Morgan fingerprint density at radius 1 is 1.11 bits per heavy atom. The Kier molecular flexibility index (Phi) is 4.09. The van der Waals surface area contributed by atoms with Gasteiger partial charge in [-0.15, -0.1) is 0 Å². The Balaban J connectivity index is 1.71. The fourth-order valence-corrected chi connectivity index (χ4v) is 1.81. The summed E-state index contributed by atoms with van der Waals surface area (Å²) in [5, 5.41) is 6.85. The van der Waals surface area contributed by atoms with Crippen molar-refractivity contribution in [2.45, 2.75) is 32.9 Å². The lowest BCUT2D eigenvalue weighted by atomic mass is 10.1. The lowest BCUT2D eigenvalue weighted by Gasteiger charge is -2.20. The first-order valence-corrected chi connectivity index (χ1v) is 6.39. The molecule has 2 N–H and O–H groups in total. The third-order valence-electron chi connectivity index (χ3n) is 2.72. The van der Waals surface area contributed by atoms with Gasteiger partial charge >= 0.3 is 0 Å². The van der Waals surface area contributed by atoms with Crippen molar-refractivity contribution in [1.82, 2.24) is 10.6 Å². The van der Waals surface area contributed by atoms with Gasteiger partial charge in [-0.2, -0.15) is 0 Å². The number of benzene rings is 1. The van der Waals surface area contributed by atoms with Crippen LogP contribution in [0.4, 0.5) is 0 Å². The molecular formula is C14H22N2O2. The summed E-state index contributed by atoms with van der Waals surface area (Å²) >= 11 is 0. The predicted molar refractivity (Wildman–Crippen MR) is 72.0 cm³/mol. The van der Waals surface area contributed by atoms with Gasteiger partial charge in [0.05, 0.1) is 0 Å². The molecule has 0 aliphatic carbocycles. The second kappa shape index (κ2) is 5.59. The summed E-state index contributed by atoms with van der Waals surface area (Å²) in [5.74, 6) is 1.69. The highest BCUT2D eigenvalue weighted by Gasteiger charge is 2.12. The number of fused-ring (bicyclic) bond motifs is 1. The topological polar surface area (TPSA) is 42.5 Å². The van der Waals surface area contributed by atoms with Crippen LogP contribution >= 0.6 is 0 Å². The molecule has 1 aliphatic heterocycles. The quantitative estimate of drug-likeness (QED) is 0.783. The molecule has 2 rings (SSSR count). The largest absolute Gasteiger partial charge is 0.454 e. The molecule has 0 saturated carbocycles. The molecule has 0 saturated heterocycles. The maximum Gasteiger partial charge on any atom is 0.231 e. The van der Waals surface area contributed by atoms with Crippen molar-refractivity contribution in [3.05, 3.63) is 23.8 Å². The second-order valence-corrected chi connectivity index (χ2v) is 5.54. The number of nitrogens with one attached hydrogen (secondary N) is 2. The van der Waals surface area contributed by atoms with Crippen molar-refractivity contribution < 1.29 is 9.47 Å². The molecule has 4 nitrogen and oxygen atoms in total. The van der Waals surface area contributed by atoms with Crippen LogP contribution in [-0.2, 0) is 6.54 Å². The summed E-state index contributed by atoms with van der Waals surface area (Å²) in [6.45, 7) is 9.62. The number of hydrogen-bond acceptors (Lipinski definition) is 4. The number of rotatable bonds is 5. The second-order valence-electron chi connectivity index (χ2n) is 5.54. The smallest absolute Gasteiger partial charge is 0.231 e. The molecule has 18 heavy (non-hydrogen) atoms. The summed E-state index contributed by atoms with van der Waals surface area (Å²) < 4.78 is 10.6. The standard InChI is InChI=1S/C14H22N2O2/c1-14(2,3)16-7-6-15-9-11-4-5-12-13(8-11)18-10-17-12/h4-5,8,15-16H,6-7,9-10H2,1-3H3. The van der Waals surface area contributed by atoms with Gasteiger partial charge < -0.3 is 20.1 Å². The van der Waals surface area contributed by atoms with E-state index >= 15 is 0 Å². The van der Waals surface area contributed by atoms with Gasteiger partial charge in [0.15, 0.2) is 11.5 Å². The summed E-state index contributed by atoms with van der Waals surface area (Å²) in [6, 6.07) is 6.07. The van der Waals surface area contributed by atoms with E-state index in [1.807, 2.05) is 12.1 Å². The van der Waals surface area contributed by atoms with Crippen LogP contribution in [0.15, 0.2) is 18.2 Å². The molecular weight excluding hydrogens is 228 g/mol. The molecule has 0 spiro atoms. The maximum atomic E-state index is 5.35. The van der Waals surface area contributed by atoms with E-state index in [0.717, 1.165) is 31.1 Å². The van der Waals surface area contributed by atoms with E-state index in [1.165, 1.54) is 5.56 Å². The summed E-state index contributed by atoms with van der Waals surface area (Å²) in [5.41, 5.74) is 1.40. The summed E-state index contributed by atoms with van der Waals surface area (Å²) in [7, 11) is 0. The van der Waals surface area contributed by atoms with Crippen LogP contribution in [0.2, 0.25) is 0 Å². The molecule has 0 amide bonds. The van der Waals surface area contributed by atoms with Crippen molar-refractivity contribution in [3.8, 4) is 11.5 Å². The molecule has 100 valence electrons. The first-order valence-electron chi connectivity index (χ1n) is 6.39. The van der Waals surface area contributed by atoms with Gasteiger partial charge in [-0.3, -0.25) is 0 Å². The minimum absolute atomic E-state index is 0.181. The zero-order chi connectivity index (χ0) is 13.0. The highest BCUT2D eigenvalue weighted by Crippen LogP contribution is 2.32. The van der Waals surface area contributed by atoms with Gasteiger partial charge in [0, 0.05) is 25.2 Å². The lowest BCUT2D eigenvalue weighted by Crippen LogP contribution is -2.40. The van der Waals surface area contributed by atoms with Crippen LogP contribution < -0.4 is 20.1 Å². The molecule has 0 radical (unpaired) electrons. The Morgan fingerprint density at radius 3 is 2.67 bits per heavy atom. The molecule has 0 atom stereocenters. The SMILES string of the molecule is CC(C)(C)NCCNCc1ccc2c(c1)OCO2. The zero-order valence-electron chi connectivity index (χ0n) is 11.4. The molecule has 1 aliphatic rings. The van der Waals surface area contributed by atoms with Crippen molar-refractivity contribution in [3.63, 3.8) is 0 Å². The first-order chi connectivity index (χ1) is 8.54. The van der Waals surface area contributed by atoms with Crippen molar-refractivity contribution >= 4 is 0 Å². The maximum absolute atomic E-state index is 5.35. The number of hydrogen-bond donors (Lipinski definition) is 2. The van der Waals surface area contributed by atoms with Crippen LogP contribution in [0.1, 0.15) is 26.3 Å². The molecule has 0 fully saturated rings. The summed E-state index contributed by atoms with van der Waals surface area (Å²) in [4.78, 5) is 0. The van der Waals surface area contributed by atoms with Crippen molar-refractivity contribution in [2.75, 3.05) is 19.9 Å². The fourth-order valence-electron chi connectivity index (χ4n) is 1.81. The average molecular weight is 250 g/mol. The van der Waals surface area contributed by atoms with E-state index in [9.17, 15) is 0 Å². The van der Waals surface area contributed by atoms with Gasteiger partial charge in [0.25, 0.3) is 0 Å². The van der Waals surface area contributed by atoms with E-state index in [1.54, 1.807) is 0 Å². The molecule has 4 heteroatoms. The number of ether oxygens (including phenoxy) is 2. The van der Waals surface area contributed by atoms with Gasteiger partial charge in [0.2, 0.25) is 6.79 Å². The Hall–Kier alpha value is -1.26. The molecule has 1 aromatic carbocycles. The minimum Gasteiger partial charge on any atom is -0.454 e. The monoisotopic (exact) mass is 250 g/mol. The molecule has 0 bridgehead atoms. The first kappa shape index (κ1) is 13.2. The average Bonchev–Trinajstić information content (AvgIpc) is 2.74. The van der Waals surface area contributed by atoms with Crippen molar-refractivity contribution in [1.29, 1.82) is 0 Å². The lowest BCUT2D eigenvalue weighted by molar-refractivity contribution is 0.174. The third-order valence-corrected chi connectivity index (χ3v) is 2.72. The van der Waals surface area contributed by atoms with E-state index in [4.69, 9.17) is 9.47 Å². The Bertz CT molecular complexity index is 399. The normalized spacial score (nSPS) is 13.9. The van der Waals surface area contributed by atoms with E-state index in [0.29, 0.717) is 6.79 Å². The highest BCUT2D eigenvalue weighted by molar-refractivity contribution is 5.44. The van der Waals surface area contributed by atoms with E-state index in [2.05, 4.69) is 37.5 Å².